The van der Waals surface area contributed by atoms with Gasteiger partial charge in [-0.3, -0.25) is 9.59 Å². The maximum Gasteiger partial charge on any atom is 0.320 e. The Labute approximate surface area is 83.0 Å². The van der Waals surface area contributed by atoms with E-state index in [9.17, 15) is 9.59 Å². The first-order valence-corrected chi connectivity index (χ1v) is 4.50. The fraction of sp³-hybridized carbons (Fsp3) is 0.556. The molecule has 0 aromatic heterocycles. The van der Waals surface area contributed by atoms with Gasteiger partial charge in [-0.25, -0.2) is 0 Å². The minimum absolute atomic E-state index is 0.481. The average Bonchev–Trinajstić information content (AvgIpc) is 2.16. The van der Waals surface area contributed by atoms with Crippen molar-refractivity contribution in [3.05, 3.63) is 12.3 Å². The number of hydrogen-bond donors (Lipinski definition) is 3. The number of nitrogens with two attached hydrogens (primary N) is 1. The summed E-state index contributed by atoms with van der Waals surface area (Å²) in [7, 11) is 0. The van der Waals surface area contributed by atoms with Crippen molar-refractivity contribution in [2.45, 2.75) is 25.3 Å². The van der Waals surface area contributed by atoms with Gasteiger partial charge in [-0.1, -0.05) is 0 Å². The molecule has 0 fully saturated rings. The van der Waals surface area contributed by atoms with Crippen molar-refractivity contribution in [2.75, 3.05) is 6.54 Å². The quantitative estimate of drug-likeness (QED) is 0.288. The Morgan fingerprint density at radius 1 is 1.50 bits per heavy atom. The van der Waals surface area contributed by atoms with Gasteiger partial charge in [0.2, 0.25) is 0 Å². The molecule has 0 rings (SSSR count). The highest BCUT2D eigenvalue weighted by Gasteiger charge is 2.09. The fourth-order valence-electron chi connectivity index (χ4n) is 0.905. The maximum absolute atomic E-state index is 10.3. The van der Waals surface area contributed by atoms with Crippen LogP contribution in [0.2, 0.25) is 0 Å². The second-order valence-corrected chi connectivity index (χ2v) is 2.89. The topological polar surface area (TPSA) is 92.4 Å². The van der Waals surface area contributed by atoms with E-state index in [1.165, 1.54) is 6.08 Å². The van der Waals surface area contributed by atoms with E-state index < -0.39 is 12.0 Å². The van der Waals surface area contributed by atoms with Gasteiger partial charge >= 0.3 is 5.97 Å². The van der Waals surface area contributed by atoms with Crippen molar-refractivity contribution in [3.8, 4) is 0 Å². The number of carboxylic acids is 1. The Bertz CT molecular complexity index is 204. The lowest BCUT2D eigenvalue weighted by Gasteiger charge is -2.05. The van der Waals surface area contributed by atoms with Crippen LogP contribution < -0.4 is 11.1 Å². The number of carbonyl (C=O) groups is 2. The molecule has 0 aliphatic rings. The molecule has 0 saturated heterocycles. The predicted octanol–water partition coefficient (Wildman–Crippen LogP) is -0.129. The van der Waals surface area contributed by atoms with Crippen LogP contribution in [0.5, 0.6) is 0 Å². The van der Waals surface area contributed by atoms with Gasteiger partial charge in [-0.2, -0.15) is 0 Å². The summed E-state index contributed by atoms with van der Waals surface area (Å²) in [6.45, 7) is 0.719. The van der Waals surface area contributed by atoms with Gasteiger partial charge in [-0.15, -0.1) is 0 Å². The van der Waals surface area contributed by atoms with Crippen molar-refractivity contribution in [2.24, 2.45) is 5.73 Å². The minimum Gasteiger partial charge on any atom is -0.480 e. The molecule has 14 heavy (non-hydrogen) atoms. The van der Waals surface area contributed by atoms with Crippen LogP contribution in [0.15, 0.2) is 12.3 Å². The zero-order valence-electron chi connectivity index (χ0n) is 7.98. The standard InChI is InChI=1S/C9H16N2O3/c10-8(9(13)14)4-1-2-5-11-6-3-7-12/h3,6-8,11H,1-2,4-5,10H2,(H,13,14)/t8-/m0/s1. The summed E-state index contributed by atoms with van der Waals surface area (Å²) in [5.41, 5.74) is 5.30. The third-order valence-electron chi connectivity index (χ3n) is 1.70. The van der Waals surface area contributed by atoms with Crippen molar-refractivity contribution >= 4 is 12.3 Å². The molecule has 0 aromatic carbocycles. The van der Waals surface area contributed by atoms with E-state index in [4.69, 9.17) is 10.8 Å². The molecule has 4 N–H and O–H groups in total. The van der Waals surface area contributed by atoms with Crippen molar-refractivity contribution in [3.63, 3.8) is 0 Å². The first-order chi connectivity index (χ1) is 6.68. The van der Waals surface area contributed by atoms with Gasteiger partial charge in [0.15, 0.2) is 0 Å². The molecule has 1 atom stereocenters. The van der Waals surface area contributed by atoms with Gasteiger partial charge in [-0.05, 0) is 31.5 Å². The summed E-state index contributed by atoms with van der Waals surface area (Å²) in [6.07, 6.45) is 5.69. The monoisotopic (exact) mass is 200 g/mol. The normalized spacial score (nSPS) is 12.6. The summed E-state index contributed by atoms with van der Waals surface area (Å²) in [6, 6.07) is -0.763. The third-order valence-corrected chi connectivity index (χ3v) is 1.70. The second-order valence-electron chi connectivity index (χ2n) is 2.89. The van der Waals surface area contributed by atoms with Crippen LogP contribution in [-0.2, 0) is 9.59 Å². The van der Waals surface area contributed by atoms with Gasteiger partial charge in [0.05, 0.1) is 0 Å². The maximum atomic E-state index is 10.3. The SMILES string of the molecule is N[C@@H](CCCCNC=CC=O)C(=O)O. The molecular weight excluding hydrogens is 184 g/mol. The van der Waals surface area contributed by atoms with Crippen LogP contribution in [0.1, 0.15) is 19.3 Å². The first kappa shape index (κ1) is 12.6. The Morgan fingerprint density at radius 3 is 2.79 bits per heavy atom. The van der Waals surface area contributed by atoms with Crippen molar-refractivity contribution in [1.29, 1.82) is 0 Å². The molecule has 0 aliphatic carbocycles. The van der Waals surface area contributed by atoms with Gasteiger partial charge in [0.25, 0.3) is 0 Å². The zero-order chi connectivity index (χ0) is 10.8. The number of carboxylic acid groups (broad SMARTS) is 1. The van der Waals surface area contributed by atoms with Crippen LogP contribution >= 0.6 is 0 Å². The molecule has 5 nitrogen and oxygen atoms in total. The highest BCUT2D eigenvalue weighted by atomic mass is 16.4. The van der Waals surface area contributed by atoms with Gasteiger partial charge < -0.3 is 16.2 Å². The predicted molar refractivity (Wildman–Crippen MR) is 52.7 cm³/mol. The second kappa shape index (κ2) is 8.25. The number of carbonyl (C=O) groups excluding carboxylic acids is 1. The van der Waals surface area contributed by atoms with E-state index >= 15 is 0 Å². The molecule has 0 radical (unpaired) electrons. The minimum atomic E-state index is -0.959. The van der Waals surface area contributed by atoms with Crippen molar-refractivity contribution in [1.82, 2.24) is 5.32 Å². The number of allylic oxidation sites excluding steroid dienone is 1. The number of aldehydes is 1. The van der Waals surface area contributed by atoms with E-state index in [0.29, 0.717) is 12.7 Å². The smallest absolute Gasteiger partial charge is 0.320 e. The largest absolute Gasteiger partial charge is 0.480 e. The molecule has 0 amide bonds. The van der Waals surface area contributed by atoms with E-state index in [1.54, 1.807) is 6.20 Å². The highest BCUT2D eigenvalue weighted by Crippen LogP contribution is 1.97. The van der Waals surface area contributed by atoms with E-state index in [2.05, 4.69) is 5.32 Å². The highest BCUT2D eigenvalue weighted by molar-refractivity contribution is 5.72. The molecular formula is C9H16N2O3. The van der Waals surface area contributed by atoms with Crippen molar-refractivity contribution < 1.29 is 14.7 Å². The Morgan fingerprint density at radius 2 is 2.21 bits per heavy atom. The van der Waals surface area contributed by atoms with E-state index in [1.807, 2.05) is 0 Å². The Hall–Kier alpha value is -1.36. The molecule has 80 valence electrons. The number of unbranched alkanes of at least 4 members (excludes halogenated alkanes) is 1. The molecule has 0 saturated carbocycles. The summed E-state index contributed by atoms with van der Waals surface area (Å²) in [4.78, 5) is 20.2. The Kier molecular flexibility index (Phi) is 7.45. The van der Waals surface area contributed by atoms with E-state index in [-0.39, 0.29) is 0 Å². The molecule has 0 aromatic rings. The van der Waals surface area contributed by atoms with Crippen LogP contribution in [0.3, 0.4) is 0 Å². The summed E-state index contributed by atoms with van der Waals surface area (Å²) >= 11 is 0. The third kappa shape index (κ3) is 7.30. The lowest BCUT2D eigenvalue weighted by atomic mass is 10.1. The summed E-state index contributed by atoms with van der Waals surface area (Å²) in [5, 5.41) is 11.4. The first-order valence-electron chi connectivity index (χ1n) is 4.50. The average molecular weight is 200 g/mol. The number of rotatable bonds is 8. The van der Waals surface area contributed by atoms with Gasteiger partial charge in [0, 0.05) is 6.54 Å². The van der Waals surface area contributed by atoms with E-state index in [0.717, 1.165) is 19.4 Å². The summed E-state index contributed by atoms with van der Waals surface area (Å²) in [5.74, 6) is -0.959. The van der Waals surface area contributed by atoms with Crippen LogP contribution in [-0.4, -0.2) is 29.9 Å². The molecule has 0 unspecified atom stereocenters. The lowest BCUT2D eigenvalue weighted by Crippen LogP contribution is -2.29. The molecule has 5 heteroatoms. The molecule has 0 spiro atoms. The lowest BCUT2D eigenvalue weighted by molar-refractivity contribution is -0.138. The molecule has 0 heterocycles. The summed E-state index contributed by atoms with van der Waals surface area (Å²) < 4.78 is 0. The number of aliphatic carboxylic acids is 1. The number of hydrogen-bond acceptors (Lipinski definition) is 4. The Balaban J connectivity index is 3.25. The van der Waals surface area contributed by atoms with Gasteiger partial charge in [0.1, 0.15) is 12.3 Å². The zero-order valence-corrected chi connectivity index (χ0v) is 7.98. The fourth-order valence-corrected chi connectivity index (χ4v) is 0.905. The molecule has 0 aliphatic heterocycles. The van der Waals surface area contributed by atoms with Crippen LogP contribution in [0.4, 0.5) is 0 Å². The molecule has 0 bridgehead atoms. The van der Waals surface area contributed by atoms with Crippen LogP contribution in [0, 0.1) is 0 Å². The number of nitrogens with one attached hydrogen (secondary N) is 1. The van der Waals surface area contributed by atoms with Crippen LogP contribution in [0.25, 0.3) is 0 Å².